The summed E-state index contributed by atoms with van der Waals surface area (Å²) in [4.78, 5) is 4.45. The van der Waals surface area contributed by atoms with E-state index in [-0.39, 0.29) is 29.1 Å². The predicted molar refractivity (Wildman–Crippen MR) is 101 cm³/mol. The number of fused-ring (bicyclic) bond motifs is 1. The number of ether oxygens (including phenoxy) is 1. The van der Waals surface area contributed by atoms with E-state index in [1.807, 2.05) is 30.3 Å². The van der Waals surface area contributed by atoms with Gasteiger partial charge in [-0.2, -0.15) is 4.31 Å². The van der Waals surface area contributed by atoms with Crippen molar-refractivity contribution >= 4 is 44.1 Å². The van der Waals surface area contributed by atoms with Gasteiger partial charge >= 0.3 is 0 Å². The molecule has 0 radical (unpaired) electrons. The van der Waals surface area contributed by atoms with Crippen LogP contribution in [0.1, 0.15) is 0 Å². The summed E-state index contributed by atoms with van der Waals surface area (Å²) in [5.74, 6) is 0.478. The van der Waals surface area contributed by atoms with Crippen molar-refractivity contribution in [2.75, 3.05) is 13.1 Å². The second kappa shape index (κ2) is 6.70. The Bertz CT molecular complexity index is 1080. The molecule has 2 heterocycles. The summed E-state index contributed by atoms with van der Waals surface area (Å²) < 4.78 is 32.5. The Hall–Kier alpha value is -1.86. The highest BCUT2D eigenvalue weighted by atomic mass is 35.5. The first kappa shape index (κ1) is 17.5. The Morgan fingerprint density at radius 2 is 1.81 bits per heavy atom. The number of nitrogens with zero attached hydrogens (tertiary/aromatic N) is 2. The molecule has 2 aromatic carbocycles. The molecule has 1 aliphatic rings. The maximum Gasteiger partial charge on any atom is 0.244 e. The zero-order valence-electron chi connectivity index (χ0n) is 13.5. The fourth-order valence-electron chi connectivity index (χ4n) is 2.77. The zero-order chi connectivity index (χ0) is 18.3. The minimum absolute atomic E-state index is 0.00828. The van der Waals surface area contributed by atoms with Crippen LogP contribution in [0.25, 0.3) is 10.9 Å². The first-order valence-electron chi connectivity index (χ1n) is 7.91. The molecule has 0 saturated carbocycles. The lowest BCUT2D eigenvalue weighted by Gasteiger charge is -2.37. The van der Waals surface area contributed by atoms with Crippen LogP contribution in [0.2, 0.25) is 10.0 Å². The Balaban J connectivity index is 1.46. The fourth-order valence-corrected chi connectivity index (χ4v) is 5.01. The van der Waals surface area contributed by atoms with Gasteiger partial charge in [0.15, 0.2) is 0 Å². The van der Waals surface area contributed by atoms with Crippen molar-refractivity contribution in [3.8, 4) is 5.88 Å². The van der Waals surface area contributed by atoms with E-state index in [9.17, 15) is 8.42 Å². The van der Waals surface area contributed by atoms with Crippen LogP contribution >= 0.6 is 23.2 Å². The number of sulfonamides is 1. The molecular formula is C18H14Cl2N2O3S. The molecule has 4 rings (SSSR count). The Morgan fingerprint density at radius 1 is 1.04 bits per heavy atom. The third-order valence-electron chi connectivity index (χ3n) is 4.19. The van der Waals surface area contributed by atoms with Crippen molar-refractivity contribution in [1.82, 2.24) is 9.29 Å². The van der Waals surface area contributed by atoms with E-state index in [2.05, 4.69) is 4.98 Å². The average molecular weight is 409 g/mol. The van der Waals surface area contributed by atoms with E-state index >= 15 is 0 Å². The summed E-state index contributed by atoms with van der Waals surface area (Å²) in [7, 11) is -3.70. The van der Waals surface area contributed by atoms with Gasteiger partial charge in [-0.3, -0.25) is 0 Å². The van der Waals surface area contributed by atoms with Gasteiger partial charge in [0.1, 0.15) is 11.0 Å². The topological polar surface area (TPSA) is 59.5 Å². The monoisotopic (exact) mass is 408 g/mol. The molecule has 3 aromatic rings. The van der Waals surface area contributed by atoms with Crippen molar-refractivity contribution in [2.45, 2.75) is 11.0 Å². The predicted octanol–water partition coefficient (Wildman–Crippen LogP) is 3.99. The summed E-state index contributed by atoms with van der Waals surface area (Å²) in [5, 5.41) is 1.49. The minimum atomic E-state index is -3.70. The maximum absolute atomic E-state index is 12.7. The molecule has 134 valence electrons. The molecule has 0 amide bonds. The highest BCUT2D eigenvalue weighted by molar-refractivity contribution is 7.89. The van der Waals surface area contributed by atoms with Gasteiger partial charge in [0, 0.05) is 16.5 Å². The van der Waals surface area contributed by atoms with Gasteiger partial charge in [-0.05, 0) is 30.3 Å². The van der Waals surface area contributed by atoms with E-state index in [4.69, 9.17) is 27.9 Å². The first-order valence-corrected chi connectivity index (χ1v) is 10.1. The molecule has 0 bridgehead atoms. The molecule has 1 saturated heterocycles. The lowest BCUT2D eigenvalue weighted by atomic mass is 10.2. The molecule has 5 nitrogen and oxygen atoms in total. The van der Waals surface area contributed by atoms with E-state index < -0.39 is 10.0 Å². The Labute approximate surface area is 161 Å². The van der Waals surface area contributed by atoms with Crippen molar-refractivity contribution in [3.05, 3.63) is 64.6 Å². The molecule has 0 unspecified atom stereocenters. The summed E-state index contributed by atoms with van der Waals surface area (Å²) in [5.41, 5.74) is 0.833. The highest BCUT2D eigenvalue weighted by Crippen LogP contribution is 2.31. The quantitative estimate of drug-likeness (QED) is 0.654. The Kier molecular flexibility index (Phi) is 4.52. The highest BCUT2D eigenvalue weighted by Gasteiger charge is 2.39. The maximum atomic E-state index is 12.7. The van der Waals surface area contributed by atoms with Crippen LogP contribution in [0, 0.1) is 0 Å². The van der Waals surface area contributed by atoms with Gasteiger partial charge in [0.2, 0.25) is 15.9 Å². The molecule has 26 heavy (non-hydrogen) atoms. The molecule has 8 heteroatoms. The van der Waals surface area contributed by atoms with Crippen LogP contribution in [0.3, 0.4) is 0 Å². The SMILES string of the molecule is O=S(=O)(c1cc(Cl)ccc1Cl)N1CC(Oc2ccc3ccccc3n2)C1. The lowest BCUT2D eigenvalue weighted by molar-refractivity contribution is 0.0724. The summed E-state index contributed by atoms with van der Waals surface area (Å²) in [6, 6.07) is 15.8. The standard InChI is InChI=1S/C18H14Cl2N2O3S/c19-13-6-7-15(20)17(9-13)26(23,24)22-10-14(11-22)25-18-8-5-12-3-1-2-4-16(12)21-18/h1-9,14H,10-11H2. The summed E-state index contributed by atoms with van der Waals surface area (Å²) in [6.07, 6.45) is -0.253. The van der Waals surface area contributed by atoms with Crippen molar-refractivity contribution in [1.29, 1.82) is 0 Å². The van der Waals surface area contributed by atoms with E-state index in [0.29, 0.717) is 10.9 Å². The van der Waals surface area contributed by atoms with Crippen LogP contribution in [-0.4, -0.2) is 36.9 Å². The number of hydrogen-bond donors (Lipinski definition) is 0. The molecule has 1 aliphatic heterocycles. The normalized spacial score (nSPS) is 15.8. The van der Waals surface area contributed by atoms with Crippen LogP contribution < -0.4 is 4.74 Å². The van der Waals surface area contributed by atoms with Gasteiger partial charge in [-0.25, -0.2) is 13.4 Å². The van der Waals surface area contributed by atoms with Gasteiger partial charge in [0.25, 0.3) is 0 Å². The van der Waals surface area contributed by atoms with E-state index in [0.717, 1.165) is 10.9 Å². The van der Waals surface area contributed by atoms with Crippen LogP contribution in [0.15, 0.2) is 59.5 Å². The van der Waals surface area contributed by atoms with Gasteiger partial charge in [-0.15, -0.1) is 0 Å². The molecular weight excluding hydrogens is 395 g/mol. The minimum Gasteiger partial charge on any atom is -0.472 e. The largest absolute Gasteiger partial charge is 0.472 e. The van der Waals surface area contributed by atoms with Crippen molar-refractivity contribution in [2.24, 2.45) is 0 Å². The van der Waals surface area contributed by atoms with Gasteiger partial charge in [0.05, 0.1) is 23.6 Å². The Morgan fingerprint density at radius 3 is 2.62 bits per heavy atom. The molecule has 0 aliphatic carbocycles. The number of benzene rings is 2. The number of halogens is 2. The number of hydrogen-bond acceptors (Lipinski definition) is 4. The number of pyridine rings is 1. The van der Waals surface area contributed by atoms with Crippen molar-refractivity contribution in [3.63, 3.8) is 0 Å². The van der Waals surface area contributed by atoms with Crippen LogP contribution in [-0.2, 0) is 10.0 Å². The van der Waals surface area contributed by atoms with Crippen molar-refractivity contribution < 1.29 is 13.2 Å². The van der Waals surface area contributed by atoms with Gasteiger partial charge in [-0.1, -0.05) is 41.4 Å². The fraction of sp³-hybridized carbons (Fsp3) is 0.167. The van der Waals surface area contributed by atoms with E-state index in [1.165, 1.54) is 16.4 Å². The summed E-state index contributed by atoms with van der Waals surface area (Å²) >= 11 is 11.9. The van der Waals surface area contributed by atoms with Gasteiger partial charge < -0.3 is 4.74 Å². The third kappa shape index (κ3) is 3.25. The second-order valence-electron chi connectivity index (χ2n) is 5.98. The first-order chi connectivity index (χ1) is 12.4. The molecule has 1 aromatic heterocycles. The van der Waals surface area contributed by atoms with Crippen LogP contribution in [0.4, 0.5) is 0 Å². The number of aromatic nitrogens is 1. The zero-order valence-corrected chi connectivity index (χ0v) is 15.8. The number of para-hydroxylation sites is 1. The molecule has 0 N–H and O–H groups in total. The molecule has 0 atom stereocenters. The summed E-state index contributed by atoms with van der Waals surface area (Å²) in [6.45, 7) is 0.472. The molecule has 0 spiro atoms. The second-order valence-corrected chi connectivity index (χ2v) is 8.73. The number of rotatable bonds is 4. The third-order valence-corrected chi connectivity index (χ3v) is 6.73. The van der Waals surface area contributed by atoms with Crippen LogP contribution in [0.5, 0.6) is 5.88 Å². The smallest absolute Gasteiger partial charge is 0.244 e. The lowest BCUT2D eigenvalue weighted by Crippen LogP contribution is -2.56. The molecule has 1 fully saturated rings. The average Bonchev–Trinajstić information content (AvgIpc) is 2.59. The van der Waals surface area contributed by atoms with E-state index in [1.54, 1.807) is 12.1 Å².